The SMILES string of the molecule is COCCCNC(=O)CN(C)C(=O)c1ccc(S(=O)(=O)NCc2cccs2)cc1. The van der Waals surface area contributed by atoms with E-state index < -0.39 is 10.0 Å². The van der Waals surface area contributed by atoms with Crippen molar-refractivity contribution in [2.45, 2.75) is 17.9 Å². The minimum Gasteiger partial charge on any atom is -0.385 e. The molecule has 2 amide bonds. The third kappa shape index (κ3) is 7.24. The van der Waals surface area contributed by atoms with Gasteiger partial charge in [-0.3, -0.25) is 9.59 Å². The van der Waals surface area contributed by atoms with E-state index in [0.717, 1.165) is 4.88 Å². The van der Waals surface area contributed by atoms with Gasteiger partial charge in [-0.1, -0.05) is 6.07 Å². The van der Waals surface area contributed by atoms with Crippen LogP contribution in [0.4, 0.5) is 0 Å². The zero-order valence-electron chi connectivity index (χ0n) is 16.4. The van der Waals surface area contributed by atoms with Gasteiger partial charge in [-0.2, -0.15) is 0 Å². The Morgan fingerprint density at radius 1 is 1.17 bits per heavy atom. The van der Waals surface area contributed by atoms with Crippen LogP contribution in [0.1, 0.15) is 21.7 Å². The number of ether oxygens (including phenoxy) is 1. The number of amides is 2. The number of benzene rings is 1. The maximum atomic E-state index is 12.5. The highest BCUT2D eigenvalue weighted by Gasteiger charge is 2.18. The average molecular weight is 440 g/mol. The summed E-state index contributed by atoms with van der Waals surface area (Å²) in [6.07, 6.45) is 0.691. The second kappa shape index (κ2) is 11.1. The number of methoxy groups -OCH3 is 1. The lowest BCUT2D eigenvalue weighted by Crippen LogP contribution is -2.38. The van der Waals surface area contributed by atoms with Crippen LogP contribution in [0.15, 0.2) is 46.7 Å². The lowest BCUT2D eigenvalue weighted by molar-refractivity contribution is -0.121. The molecule has 2 aromatic rings. The number of likely N-dealkylation sites (N-methyl/N-ethyl adjacent to an activating group) is 1. The number of thiophene rings is 1. The second-order valence-corrected chi connectivity index (χ2v) is 9.09. The molecule has 158 valence electrons. The zero-order valence-corrected chi connectivity index (χ0v) is 18.0. The quantitative estimate of drug-likeness (QED) is 0.516. The maximum absolute atomic E-state index is 12.5. The van der Waals surface area contributed by atoms with Crippen LogP contribution in [-0.4, -0.2) is 59.0 Å². The molecule has 2 N–H and O–H groups in total. The van der Waals surface area contributed by atoms with E-state index in [4.69, 9.17) is 4.74 Å². The van der Waals surface area contributed by atoms with Crippen molar-refractivity contribution in [1.29, 1.82) is 0 Å². The molecule has 1 aromatic carbocycles. The van der Waals surface area contributed by atoms with E-state index in [1.807, 2.05) is 17.5 Å². The number of carbonyl (C=O) groups is 2. The maximum Gasteiger partial charge on any atom is 0.254 e. The predicted octanol–water partition coefficient (Wildman–Crippen LogP) is 1.45. The summed E-state index contributed by atoms with van der Waals surface area (Å²) in [6, 6.07) is 9.33. The van der Waals surface area contributed by atoms with Crippen LogP contribution in [0, 0.1) is 0 Å². The van der Waals surface area contributed by atoms with E-state index in [1.165, 1.54) is 47.5 Å². The number of hydrogen-bond acceptors (Lipinski definition) is 6. The van der Waals surface area contributed by atoms with E-state index in [2.05, 4.69) is 10.0 Å². The third-order valence-corrected chi connectivity index (χ3v) is 6.30. The Hall–Kier alpha value is -2.27. The van der Waals surface area contributed by atoms with Crippen LogP contribution < -0.4 is 10.0 Å². The van der Waals surface area contributed by atoms with Gasteiger partial charge in [0.1, 0.15) is 0 Å². The zero-order chi connectivity index (χ0) is 21.3. The van der Waals surface area contributed by atoms with Crippen molar-refractivity contribution in [1.82, 2.24) is 14.9 Å². The summed E-state index contributed by atoms with van der Waals surface area (Å²) >= 11 is 1.46. The molecule has 0 aliphatic carbocycles. The van der Waals surface area contributed by atoms with Crippen LogP contribution in [-0.2, 0) is 26.1 Å². The number of rotatable bonds is 11. The molecule has 0 fully saturated rings. The Labute approximate surface area is 174 Å². The standard InChI is InChI=1S/C19H25N3O5S2/c1-22(14-18(23)20-10-4-11-27-2)19(24)15-6-8-17(9-7-15)29(25,26)21-13-16-5-3-12-28-16/h3,5-9,12,21H,4,10-11,13-14H2,1-2H3,(H,20,23). The molecule has 29 heavy (non-hydrogen) atoms. The molecular weight excluding hydrogens is 414 g/mol. The highest BCUT2D eigenvalue weighted by Crippen LogP contribution is 2.14. The smallest absolute Gasteiger partial charge is 0.254 e. The van der Waals surface area contributed by atoms with Crippen LogP contribution in [0.2, 0.25) is 0 Å². The summed E-state index contributed by atoms with van der Waals surface area (Å²) in [5.74, 6) is -0.638. The largest absolute Gasteiger partial charge is 0.385 e. The number of nitrogens with zero attached hydrogens (tertiary/aromatic N) is 1. The fraction of sp³-hybridized carbons (Fsp3) is 0.368. The average Bonchev–Trinajstić information content (AvgIpc) is 3.23. The molecule has 10 heteroatoms. The topological polar surface area (TPSA) is 105 Å². The summed E-state index contributed by atoms with van der Waals surface area (Å²) in [7, 11) is -0.570. The fourth-order valence-corrected chi connectivity index (χ4v) is 4.19. The van der Waals surface area contributed by atoms with Crippen LogP contribution >= 0.6 is 11.3 Å². The van der Waals surface area contributed by atoms with E-state index in [-0.39, 0.29) is 29.8 Å². The molecule has 0 bridgehead atoms. The lowest BCUT2D eigenvalue weighted by atomic mass is 10.2. The van der Waals surface area contributed by atoms with Gasteiger partial charge in [-0.15, -0.1) is 11.3 Å². The normalized spacial score (nSPS) is 11.2. The van der Waals surface area contributed by atoms with Crippen molar-refractivity contribution in [3.63, 3.8) is 0 Å². The first kappa shape index (κ1) is 23.0. The third-order valence-electron chi connectivity index (χ3n) is 4.00. The molecule has 0 radical (unpaired) electrons. The first-order chi connectivity index (χ1) is 13.8. The first-order valence-electron chi connectivity index (χ1n) is 8.96. The summed E-state index contributed by atoms with van der Waals surface area (Å²) in [5, 5.41) is 4.59. The van der Waals surface area contributed by atoms with E-state index in [9.17, 15) is 18.0 Å². The highest BCUT2D eigenvalue weighted by molar-refractivity contribution is 7.89. The van der Waals surface area contributed by atoms with Crippen molar-refractivity contribution in [3.05, 3.63) is 52.2 Å². The van der Waals surface area contributed by atoms with Crippen molar-refractivity contribution in [2.75, 3.05) is 33.9 Å². The summed E-state index contributed by atoms with van der Waals surface area (Å²) in [4.78, 5) is 26.6. The van der Waals surface area contributed by atoms with Gasteiger partial charge in [0.25, 0.3) is 5.91 Å². The molecule has 1 heterocycles. The van der Waals surface area contributed by atoms with Gasteiger partial charge in [0.2, 0.25) is 15.9 Å². The van der Waals surface area contributed by atoms with Crippen molar-refractivity contribution in [2.24, 2.45) is 0 Å². The minimum atomic E-state index is -3.68. The molecule has 0 spiro atoms. The monoisotopic (exact) mass is 439 g/mol. The molecule has 0 unspecified atom stereocenters. The molecule has 8 nitrogen and oxygen atoms in total. The molecule has 0 saturated heterocycles. The van der Waals surface area contributed by atoms with Gasteiger partial charge < -0.3 is 15.0 Å². The van der Waals surface area contributed by atoms with Gasteiger partial charge in [0.15, 0.2) is 0 Å². The molecule has 0 aliphatic rings. The number of carbonyl (C=O) groups excluding carboxylic acids is 2. The Kier molecular flexibility index (Phi) is 8.77. The molecule has 0 aliphatic heterocycles. The summed E-state index contributed by atoms with van der Waals surface area (Å²) in [6.45, 7) is 1.14. The molecule has 0 saturated carbocycles. The molecule has 0 atom stereocenters. The minimum absolute atomic E-state index is 0.0733. The Balaban J connectivity index is 1.90. The lowest BCUT2D eigenvalue weighted by Gasteiger charge is -2.17. The fourth-order valence-electron chi connectivity index (χ4n) is 2.45. The van der Waals surface area contributed by atoms with Gasteiger partial charge in [0, 0.05) is 44.3 Å². The van der Waals surface area contributed by atoms with Crippen molar-refractivity contribution < 1.29 is 22.7 Å². The van der Waals surface area contributed by atoms with Gasteiger partial charge in [0.05, 0.1) is 11.4 Å². The molecule has 1 aromatic heterocycles. The molecular formula is C19H25N3O5S2. The Morgan fingerprint density at radius 2 is 1.90 bits per heavy atom. The van der Waals surface area contributed by atoms with E-state index >= 15 is 0 Å². The summed E-state index contributed by atoms with van der Waals surface area (Å²) in [5.41, 5.74) is 0.303. The van der Waals surface area contributed by atoms with Crippen molar-refractivity contribution in [3.8, 4) is 0 Å². The summed E-state index contributed by atoms with van der Waals surface area (Å²) < 4.78 is 32.2. The Bertz CT molecular complexity index is 896. The first-order valence-corrected chi connectivity index (χ1v) is 11.3. The highest BCUT2D eigenvalue weighted by atomic mass is 32.2. The van der Waals surface area contributed by atoms with Crippen LogP contribution in [0.5, 0.6) is 0 Å². The predicted molar refractivity (Wildman–Crippen MR) is 111 cm³/mol. The van der Waals surface area contributed by atoms with Gasteiger partial charge in [-0.05, 0) is 42.1 Å². The Morgan fingerprint density at radius 3 is 2.52 bits per heavy atom. The second-order valence-electron chi connectivity index (χ2n) is 6.29. The van der Waals surface area contributed by atoms with Crippen LogP contribution in [0.3, 0.4) is 0 Å². The molecule has 2 rings (SSSR count). The van der Waals surface area contributed by atoms with E-state index in [1.54, 1.807) is 7.11 Å². The van der Waals surface area contributed by atoms with Gasteiger partial charge in [-0.25, -0.2) is 13.1 Å². The number of hydrogen-bond donors (Lipinski definition) is 2. The van der Waals surface area contributed by atoms with Gasteiger partial charge >= 0.3 is 0 Å². The number of nitrogens with one attached hydrogen (secondary N) is 2. The van der Waals surface area contributed by atoms with Crippen molar-refractivity contribution >= 4 is 33.2 Å². The van der Waals surface area contributed by atoms with E-state index in [0.29, 0.717) is 25.1 Å². The number of sulfonamides is 1. The van der Waals surface area contributed by atoms with Crippen LogP contribution in [0.25, 0.3) is 0 Å².